The molecule has 0 bridgehead atoms. The molecule has 180 valence electrons. The normalized spacial score (nSPS) is 18.5. The number of benzene rings is 2. The number of aromatic hydroxyl groups is 2. The van der Waals surface area contributed by atoms with Crippen LogP contribution < -0.4 is 0 Å². The van der Waals surface area contributed by atoms with Crippen LogP contribution in [0.4, 0.5) is 0 Å². The van der Waals surface area contributed by atoms with E-state index in [9.17, 15) is 10.2 Å². The maximum absolute atomic E-state index is 10.8. The summed E-state index contributed by atoms with van der Waals surface area (Å²) in [5.41, 5.74) is 4.82. The smallest absolute Gasteiger partial charge is 0.119 e. The van der Waals surface area contributed by atoms with Gasteiger partial charge < -0.3 is 10.2 Å². The van der Waals surface area contributed by atoms with Crippen LogP contribution in [0.5, 0.6) is 11.5 Å². The molecule has 2 N–H and O–H groups in total. The molecule has 0 saturated heterocycles. The van der Waals surface area contributed by atoms with Gasteiger partial charge in [-0.3, -0.25) is 0 Å². The summed E-state index contributed by atoms with van der Waals surface area (Å²) < 4.78 is 0. The van der Waals surface area contributed by atoms with Crippen molar-refractivity contribution in [3.63, 3.8) is 0 Å². The van der Waals surface area contributed by atoms with Gasteiger partial charge in [0.2, 0.25) is 0 Å². The van der Waals surface area contributed by atoms with Crippen molar-refractivity contribution < 1.29 is 10.2 Å². The van der Waals surface area contributed by atoms with Crippen molar-refractivity contribution in [2.75, 3.05) is 0 Å². The lowest BCUT2D eigenvalue weighted by Crippen LogP contribution is -2.25. The van der Waals surface area contributed by atoms with Crippen LogP contribution >= 0.6 is 0 Å². The molecule has 2 aliphatic rings. The summed E-state index contributed by atoms with van der Waals surface area (Å²) in [6.45, 7) is 4.65. The van der Waals surface area contributed by atoms with Crippen molar-refractivity contribution in [3.05, 3.63) is 58.7 Å². The van der Waals surface area contributed by atoms with Crippen LogP contribution in [0.1, 0.15) is 138 Å². The minimum atomic E-state index is -0.122. The van der Waals surface area contributed by atoms with E-state index in [1.165, 1.54) is 94.6 Å². The molecular formula is C31H44O2. The average molecular weight is 449 g/mol. The lowest BCUT2D eigenvalue weighted by atomic mass is 9.70. The summed E-state index contributed by atoms with van der Waals surface area (Å²) in [6, 6.07) is 12.8. The number of unbranched alkanes of at least 4 members (excludes halogenated alkanes) is 2. The number of hydrogen-bond acceptors (Lipinski definition) is 2. The van der Waals surface area contributed by atoms with E-state index in [-0.39, 0.29) is 5.41 Å². The van der Waals surface area contributed by atoms with Crippen molar-refractivity contribution in [2.24, 2.45) is 0 Å². The Bertz CT molecular complexity index is 836. The number of phenols is 2. The molecule has 0 atom stereocenters. The Morgan fingerprint density at radius 3 is 1.58 bits per heavy atom. The molecule has 2 fully saturated rings. The fourth-order valence-corrected chi connectivity index (χ4v) is 6.46. The average Bonchev–Trinajstić information content (AvgIpc) is 2.85. The second kappa shape index (κ2) is 11.0. The molecule has 2 saturated carbocycles. The van der Waals surface area contributed by atoms with Crippen LogP contribution in [0.3, 0.4) is 0 Å². The third kappa shape index (κ3) is 5.42. The molecule has 2 nitrogen and oxygen atoms in total. The standard InChI is InChI=1S/C31H44O2/c1-3-4-11-20-31(2,25-16-18-29(32)27(21-25)23-12-7-5-8-13-23)26-17-19-30(33)28(22-26)24-14-9-6-10-15-24/h16-19,21-24,32-33H,3-15,20H2,1-2H3. The van der Waals surface area contributed by atoms with Gasteiger partial charge in [0.1, 0.15) is 11.5 Å². The van der Waals surface area contributed by atoms with Crippen molar-refractivity contribution in [2.45, 2.75) is 121 Å². The first kappa shape index (κ1) is 24.2. The van der Waals surface area contributed by atoms with E-state index in [1.807, 2.05) is 12.1 Å². The van der Waals surface area contributed by atoms with Gasteiger partial charge in [0.15, 0.2) is 0 Å². The van der Waals surface area contributed by atoms with Crippen molar-refractivity contribution in [3.8, 4) is 11.5 Å². The van der Waals surface area contributed by atoms with Gasteiger partial charge in [-0.25, -0.2) is 0 Å². The molecular weight excluding hydrogens is 404 g/mol. The zero-order chi connectivity index (χ0) is 23.3. The van der Waals surface area contributed by atoms with E-state index in [1.54, 1.807) is 0 Å². The minimum Gasteiger partial charge on any atom is -0.508 e. The third-order valence-corrected chi connectivity index (χ3v) is 8.70. The molecule has 0 spiro atoms. The summed E-state index contributed by atoms with van der Waals surface area (Å²) in [5, 5.41) is 21.5. The van der Waals surface area contributed by atoms with Crippen LogP contribution in [-0.2, 0) is 5.41 Å². The molecule has 0 heterocycles. The van der Waals surface area contributed by atoms with Crippen LogP contribution in [0, 0.1) is 0 Å². The Morgan fingerprint density at radius 1 is 0.697 bits per heavy atom. The van der Waals surface area contributed by atoms with Crippen LogP contribution in [0.2, 0.25) is 0 Å². The maximum Gasteiger partial charge on any atom is 0.119 e. The monoisotopic (exact) mass is 448 g/mol. The van der Waals surface area contributed by atoms with E-state index in [0.29, 0.717) is 23.3 Å². The van der Waals surface area contributed by atoms with Crippen LogP contribution in [0.25, 0.3) is 0 Å². The van der Waals surface area contributed by atoms with Crippen molar-refractivity contribution in [1.29, 1.82) is 0 Å². The van der Waals surface area contributed by atoms with Crippen LogP contribution in [0.15, 0.2) is 36.4 Å². The summed E-state index contributed by atoms with van der Waals surface area (Å²) in [6.07, 6.45) is 17.2. The van der Waals surface area contributed by atoms with Gasteiger partial charge in [0.05, 0.1) is 0 Å². The van der Waals surface area contributed by atoms with E-state index >= 15 is 0 Å². The molecule has 4 rings (SSSR count). The fraction of sp³-hybridized carbons (Fsp3) is 0.613. The lowest BCUT2D eigenvalue weighted by Gasteiger charge is -2.34. The first-order valence-electron chi connectivity index (χ1n) is 13.7. The SMILES string of the molecule is CCCCCC(C)(c1ccc(O)c(C2CCCCC2)c1)c1ccc(O)c(C2CCCCC2)c1. The Labute approximate surface area is 201 Å². The van der Waals surface area contributed by atoms with Crippen molar-refractivity contribution >= 4 is 0 Å². The van der Waals surface area contributed by atoms with Gasteiger partial charge in [-0.05, 0) is 78.3 Å². The second-order valence-electron chi connectivity index (χ2n) is 11.0. The highest BCUT2D eigenvalue weighted by Gasteiger charge is 2.32. The highest BCUT2D eigenvalue weighted by atomic mass is 16.3. The maximum atomic E-state index is 10.8. The van der Waals surface area contributed by atoms with Gasteiger partial charge in [-0.2, -0.15) is 0 Å². The summed E-state index contributed by atoms with van der Waals surface area (Å²) >= 11 is 0. The van der Waals surface area contributed by atoms with E-state index in [2.05, 4.69) is 38.1 Å². The summed E-state index contributed by atoms with van der Waals surface area (Å²) in [7, 11) is 0. The van der Waals surface area contributed by atoms with Gasteiger partial charge in [0, 0.05) is 5.41 Å². The molecule has 0 unspecified atom stereocenters. The predicted octanol–water partition coefficient (Wildman–Crippen LogP) is 9.08. The highest BCUT2D eigenvalue weighted by molar-refractivity contribution is 5.49. The van der Waals surface area contributed by atoms with E-state index < -0.39 is 0 Å². The lowest BCUT2D eigenvalue weighted by molar-refractivity contribution is 0.409. The molecule has 0 amide bonds. The topological polar surface area (TPSA) is 40.5 Å². The Kier molecular flexibility index (Phi) is 8.04. The molecule has 0 aliphatic heterocycles. The zero-order valence-corrected chi connectivity index (χ0v) is 20.9. The Balaban J connectivity index is 1.73. The Morgan fingerprint density at radius 2 is 1.15 bits per heavy atom. The first-order valence-corrected chi connectivity index (χ1v) is 13.7. The number of hydrogen-bond donors (Lipinski definition) is 2. The molecule has 0 aromatic heterocycles. The van der Waals surface area contributed by atoms with E-state index in [4.69, 9.17) is 0 Å². The van der Waals surface area contributed by atoms with Crippen molar-refractivity contribution in [1.82, 2.24) is 0 Å². The van der Waals surface area contributed by atoms with E-state index in [0.717, 1.165) is 17.5 Å². The van der Waals surface area contributed by atoms with Gasteiger partial charge in [-0.15, -0.1) is 0 Å². The molecule has 33 heavy (non-hydrogen) atoms. The predicted molar refractivity (Wildman–Crippen MR) is 138 cm³/mol. The third-order valence-electron chi connectivity index (χ3n) is 8.70. The Hall–Kier alpha value is -1.96. The number of rotatable bonds is 8. The largest absolute Gasteiger partial charge is 0.508 e. The highest BCUT2D eigenvalue weighted by Crippen LogP contribution is 2.45. The molecule has 0 radical (unpaired) electrons. The van der Waals surface area contributed by atoms with Crippen LogP contribution in [-0.4, -0.2) is 10.2 Å². The minimum absolute atomic E-state index is 0.122. The van der Waals surface area contributed by atoms with Gasteiger partial charge >= 0.3 is 0 Å². The molecule has 2 aromatic carbocycles. The van der Waals surface area contributed by atoms with Gasteiger partial charge in [-0.1, -0.05) is 95.9 Å². The fourth-order valence-electron chi connectivity index (χ4n) is 6.46. The number of phenolic OH excluding ortho intramolecular Hbond substituents is 2. The summed E-state index contributed by atoms with van der Waals surface area (Å²) in [5.74, 6) is 1.90. The molecule has 2 heteroatoms. The molecule has 2 aromatic rings. The summed E-state index contributed by atoms with van der Waals surface area (Å²) in [4.78, 5) is 0. The second-order valence-corrected chi connectivity index (χ2v) is 11.0. The quantitative estimate of drug-likeness (QED) is 0.395. The first-order chi connectivity index (χ1) is 16.0. The van der Waals surface area contributed by atoms with Gasteiger partial charge in [0.25, 0.3) is 0 Å². The zero-order valence-electron chi connectivity index (χ0n) is 20.9. The molecule has 2 aliphatic carbocycles.